The molecule has 1 heterocycles. The van der Waals surface area contributed by atoms with E-state index in [0.29, 0.717) is 41.6 Å². The van der Waals surface area contributed by atoms with Gasteiger partial charge in [-0.2, -0.15) is 0 Å². The molecule has 0 spiro atoms. The number of carbonyl (C=O) groups is 2. The van der Waals surface area contributed by atoms with E-state index in [1.807, 2.05) is 12.1 Å². The summed E-state index contributed by atoms with van der Waals surface area (Å²) in [6.07, 6.45) is 2.95. The molecule has 32 heavy (non-hydrogen) atoms. The van der Waals surface area contributed by atoms with Gasteiger partial charge < -0.3 is 25.0 Å². The molecule has 0 atom stereocenters. The van der Waals surface area contributed by atoms with Crippen molar-refractivity contribution >= 4 is 23.2 Å². The van der Waals surface area contributed by atoms with Crippen LogP contribution in [0.1, 0.15) is 46.9 Å². The number of benzene rings is 2. The van der Waals surface area contributed by atoms with Crippen LogP contribution in [0.3, 0.4) is 0 Å². The number of rotatable bonds is 9. The first-order valence-corrected chi connectivity index (χ1v) is 11.1. The van der Waals surface area contributed by atoms with E-state index in [-0.39, 0.29) is 11.8 Å². The zero-order chi connectivity index (χ0) is 22.9. The summed E-state index contributed by atoms with van der Waals surface area (Å²) in [5, 5.41) is 5.88. The summed E-state index contributed by atoms with van der Waals surface area (Å²) >= 11 is 0. The molecule has 0 radical (unpaired) electrons. The number of methoxy groups -OCH3 is 2. The molecule has 1 aliphatic rings. The quantitative estimate of drug-likeness (QED) is 0.579. The van der Waals surface area contributed by atoms with Gasteiger partial charge in [-0.05, 0) is 67.6 Å². The summed E-state index contributed by atoms with van der Waals surface area (Å²) in [5.41, 5.74) is 2.58. The van der Waals surface area contributed by atoms with Crippen LogP contribution in [-0.2, 0) is 4.74 Å². The lowest BCUT2D eigenvalue weighted by atomic mass is 9.97. The van der Waals surface area contributed by atoms with Crippen molar-refractivity contribution in [1.29, 1.82) is 0 Å². The Morgan fingerprint density at radius 1 is 1.03 bits per heavy atom. The van der Waals surface area contributed by atoms with Crippen LogP contribution in [0, 0.1) is 5.92 Å². The van der Waals surface area contributed by atoms with E-state index < -0.39 is 0 Å². The Balaban J connectivity index is 1.79. The largest absolute Gasteiger partial charge is 0.497 e. The van der Waals surface area contributed by atoms with Crippen molar-refractivity contribution in [1.82, 2.24) is 5.32 Å². The highest BCUT2D eigenvalue weighted by Crippen LogP contribution is 2.29. The van der Waals surface area contributed by atoms with E-state index in [4.69, 9.17) is 9.47 Å². The molecule has 1 saturated heterocycles. The molecule has 7 heteroatoms. The molecule has 0 aromatic heterocycles. The van der Waals surface area contributed by atoms with E-state index in [9.17, 15) is 9.59 Å². The van der Waals surface area contributed by atoms with Crippen LogP contribution in [0.4, 0.5) is 11.4 Å². The molecule has 7 nitrogen and oxygen atoms in total. The Hall–Kier alpha value is -3.06. The van der Waals surface area contributed by atoms with E-state index in [2.05, 4.69) is 22.5 Å². The Kier molecular flexibility index (Phi) is 8.50. The van der Waals surface area contributed by atoms with Gasteiger partial charge in [0.1, 0.15) is 5.75 Å². The maximum Gasteiger partial charge on any atom is 0.255 e. The molecule has 0 aliphatic carbocycles. The molecule has 2 amide bonds. The Labute approximate surface area is 190 Å². The fourth-order valence-corrected chi connectivity index (χ4v) is 3.78. The van der Waals surface area contributed by atoms with Crippen LogP contribution in [0.5, 0.6) is 5.75 Å². The number of piperidine rings is 1. The summed E-state index contributed by atoms with van der Waals surface area (Å²) in [6.45, 7) is 5.23. The average molecular weight is 440 g/mol. The number of anilines is 2. The van der Waals surface area contributed by atoms with E-state index in [0.717, 1.165) is 38.0 Å². The van der Waals surface area contributed by atoms with Gasteiger partial charge in [0.25, 0.3) is 11.8 Å². The third-order valence-corrected chi connectivity index (χ3v) is 5.79. The zero-order valence-corrected chi connectivity index (χ0v) is 19.1. The molecule has 3 rings (SSSR count). The predicted octanol–water partition coefficient (Wildman–Crippen LogP) is 3.95. The number of hydrogen-bond donors (Lipinski definition) is 2. The number of nitrogens with zero attached hydrogens (tertiary/aromatic N) is 1. The zero-order valence-electron chi connectivity index (χ0n) is 19.1. The molecule has 2 N–H and O–H groups in total. The monoisotopic (exact) mass is 439 g/mol. The smallest absolute Gasteiger partial charge is 0.255 e. The van der Waals surface area contributed by atoms with Crippen molar-refractivity contribution in [2.45, 2.75) is 26.2 Å². The standard InChI is InChI=1S/C25H33N3O4/c1-18-11-14-28(15-12-18)23-10-7-20(17-22(23)25(30)26-13-4-16-31-2)27-24(29)19-5-8-21(32-3)9-6-19/h5-10,17-18H,4,11-16H2,1-3H3,(H,26,30)(H,27,29). The second kappa shape index (κ2) is 11.5. The normalized spacial score (nSPS) is 14.2. The van der Waals surface area contributed by atoms with Crippen molar-refractivity contribution < 1.29 is 19.1 Å². The minimum Gasteiger partial charge on any atom is -0.497 e. The number of ether oxygens (including phenoxy) is 2. The number of nitrogens with one attached hydrogen (secondary N) is 2. The van der Waals surface area contributed by atoms with Gasteiger partial charge in [-0.15, -0.1) is 0 Å². The predicted molar refractivity (Wildman–Crippen MR) is 127 cm³/mol. The van der Waals surface area contributed by atoms with Crippen molar-refractivity contribution in [2.24, 2.45) is 5.92 Å². The van der Waals surface area contributed by atoms with Gasteiger partial charge in [0, 0.05) is 50.3 Å². The summed E-state index contributed by atoms with van der Waals surface area (Å²) < 4.78 is 10.2. The van der Waals surface area contributed by atoms with Crippen molar-refractivity contribution in [3.8, 4) is 5.75 Å². The first kappa shape index (κ1) is 23.6. The Bertz CT molecular complexity index is 906. The minimum atomic E-state index is -0.237. The molecule has 0 saturated carbocycles. The summed E-state index contributed by atoms with van der Waals surface area (Å²) in [4.78, 5) is 28.0. The second-order valence-electron chi connectivity index (χ2n) is 8.19. The lowest BCUT2D eigenvalue weighted by Gasteiger charge is -2.33. The Morgan fingerprint density at radius 2 is 1.75 bits per heavy atom. The lowest BCUT2D eigenvalue weighted by molar-refractivity contribution is 0.0947. The van der Waals surface area contributed by atoms with Gasteiger partial charge >= 0.3 is 0 Å². The Morgan fingerprint density at radius 3 is 2.41 bits per heavy atom. The fourth-order valence-electron chi connectivity index (χ4n) is 3.78. The van der Waals surface area contributed by atoms with Crippen molar-refractivity contribution in [3.63, 3.8) is 0 Å². The molecular weight excluding hydrogens is 406 g/mol. The number of hydrogen-bond acceptors (Lipinski definition) is 5. The molecule has 1 fully saturated rings. The van der Waals surface area contributed by atoms with Crippen LogP contribution in [0.15, 0.2) is 42.5 Å². The second-order valence-corrected chi connectivity index (χ2v) is 8.19. The van der Waals surface area contributed by atoms with Gasteiger partial charge in [0.15, 0.2) is 0 Å². The van der Waals surface area contributed by atoms with Gasteiger partial charge in [-0.1, -0.05) is 6.92 Å². The van der Waals surface area contributed by atoms with Crippen LogP contribution in [0.25, 0.3) is 0 Å². The van der Waals surface area contributed by atoms with Gasteiger partial charge in [0.05, 0.1) is 12.7 Å². The highest BCUT2D eigenvalue weighted by atomic mass is 16.5. The molecule has 0 bridgehead atoms. The first-order valence-electron chi connectivity index (χ1n) is 11.1. The lowest BCUT2D eigenvalue weighted by Crippen LogP contribution is -2.35. The van der Waals surface area contributed by atoms with Crippen LogP contribution < -0.4 is 20.3 Å². The van der Waals surface area contributed by atoms with Gasteiger partial charge in [-0.25, -0.2) is 0 Å². The molecule has 2 aromatic carbocycles. The fraction of sp³-hybridized carbons (Fsp3) is 0.440. The van der Waals surface area contributed by atoms with Gasteiger partial charge in [0.2, 0.25) is 0 Å². The molecule has 1 aliphatic heterocycles. The maximum atomic E-state index is 13.0. The minimum absolute atomic E-state index is 0.143. The molecule has 2 aromatic rings. The average Bonchev–Trinajstić information content (AvgIpc) is 2.82. The van der Waals surface area contributed by atoms with Crippen LogP contribution in [0.2, 0.25) is 0 Å². The van der Waals surface area contributed by atoms with Crippen LogP contribution in [-0.4, -0.2) is 52.3 Å². The number of amides is 2. The topological polar surface area (TPSA) is 79.9 Å². The van der Waals surface area contributed by atoms with Gasteiger partial charge in [-0.3, -0.25) is 9.59 Å². The van der Waals surface area contributed by atoms with Crippen molar-refractivity contribution in [2.75, 3.05) is 50.7 Å². The summed E-state index contributed by atoms with van der Waals surface area (Å²) in [7, 11) is 3.23. The number of carbonyl (C=O) groups excluding carboxylic acids is 2. The third kappa shape index (κ3) is 6.23. The summed E-state index contributed by atoms with van der Waals surface area (Å²) in [5.74, 6) is 1.00. The van der Waals surface area contributed by atoms with E-state index in [1.54, 1.807) is 44.6 Å². The van der Waals surface area contributed by atoms with Crippen molar-refractivity contribution in [3.05, 3.63) is 53.6 Å². The van der Waals surface area contributed by atoms with Crippen LogP contribution >= 0.6 is 0 Å². The van der Waals surface area contributed by atoms with E-state index in [1.165, 1.54) is 0 Å². The summed E-state index contributed by atoms with van der Waals surface area (Å²) in [6, 6.07) is 12.5. The molecule has 0 unspecified atom stereocenters. The molecule has 172 valence electrons. The third-order valence-electron chi connectivity index (χ3n) is 5.79. The first-order chi connectivity index (χ1) is 15.5. The van der Waals surface area contributed by atoms with E-state index >= 15 is 0 Å². The highest BCUT2D eigenvalue weighted by Gasteiger charge is 2.22. The molecular formula is C25H33N3O4. The maximum absolute atomic E-state index is 13.0. The highest BCUT2D eigenvalue weighted by molar-refractivity contribution is 6.06. The SMILES string of the molecule is COCCCNC(=O)c1cc(NC(=O)c2ccc(OC)cc2)ccc1N1CCC(C)CC1.